The Labute approximate surface area is 325 Å². The lowest BCUT2D eigenvalue weighted by atomic mass is 9.86. The molecule has 2 aromatic rings. The van der Waals surface area contributed by atoms with Crippen molar-refractivity contribution in [2.45, 2.75) is 126 Å². The summed E-state index contributed by atoms with van der Waals surface area (Å²) in [7, 11) is 0. The second-order valence-electron chi connectivity index (χ2n) is 16.6. The fraction of sp³-hybridized carbons (Fsp3) is 0.585. The number of carbonyl (C=O) groups excluding carboxylic acids is 4. The number of nitrogens with one attached hydrogen (secondary N) is 2. The van der Waals surface area contributed by atoms with Crippen molar-refractivity contribution in [3.63, 3.8) is 0 Å². The molecular weight excluding hydrogens is 728 g/mol. The van der Waals surface area contributed by atoms with Gasteiger partial charge in [0.1, 0.15) is 29.0 Å². The van der Waals surface area contributed by atoms with Crippen molar-refractivity contribution in [1.29, 1.82) is 0 Å². The third kappa shape index (κ3) is 6.76. The molecule has 13 nitrogen and oxygen atoms in total. The number of amides is 3. The molecule has 1 spiro atoms. The summed E-state index contributed by atoms with van der Waals surface area (Å²) in [6, 6.07) is 1.68. The van der Waals surface area contributed by atoms with Crippen molar-refractivity contribution in [2.24, 2.45) is 5.92 Å². The van der Waals surface area contributed by atoms with Crippen molar-refractivity contribution in [3.05, 3.63) is 47.7 Å². The number of hydrogen-bond donors (Lipinski definition) is 2. The molecule has 4 aliphatic heterocycles. The molecule has 0 unspecified atom stereocenters. The van der Waals surface area contributed by atoms with Crippen LogP contribution in [0.5, 0.6) is 17.2 Å². The van der Waals surface area contributed by atoms with Crippen molar-refractivity contribution in [2.75, 3.05) is 19.9 Å². The molecular formula is C41H49ClN4O9. The first-order valence-electron chi connectivity index (χ1n) is 19.5. The highest BCUT2D eigenvalue weighted by Gasteiger charge is 2.67. The van der Waals surface area contributed by atoms with Crippen LogP contribution in [0.4, 0.5) is 4.79 Å². The number of ether oxygens (including phenoxy) is 5. The van der Waals surface area contributed by atoms with Gasteiger partial charge in [0.05, 0.1) is 35.1 Å². The maximum absolute atomic E-state index is 14.8. The van der Waals surface area contributed by atoms with Crippen LogP contribution in [0.1, 0.15) is 108 Å². The number of alkyl carbamates (subject to hydrolysis) is 1. The number of carbonyl (C=O) groups is 4. The number of fused-ring (bicyclic) bond motifs is 7. The van der Waals surface area contributed by atoms with Gasteiger partial charge in [0.15, 0.2) is 17.0 Å². The molecule has 5 heterocycles. The number of pyridine rings is 1. The molecule has 6 aliphatic rings. The van der Waals surface area contributed by atoms with E-state index < -0.39 is 64.0 Å². The zero-order chi connectivity index (χ0) is 38.9. The van der Waals surface area contributed by atoms with Gasteiger partial charge in [-0.2, -0.15) is 0 Å². The summed E-state index contributed by atoms with van der Waals surface area (Å²) in [4.78, 5) is 62.9. The van der Waals surface area contributed by atoms with Crippen LogP contribution in [0.25, 0.3) is 10.9 Å². The van der Waals surface area contributed by atoms with Crippen LogP contribution < -0.4 is 24.8 Å². The summed E-state index contributed by atoms with van der Waals surface area (Å²) in [6.45, 7) is 11.3. The first-order chi connectivity index (χ1) is 26.2. The Morgan fingerprint density at radius 2 is 1.91 bits per heavy atom. The average molecular weight is 777 g/mol. The van der Waals surface area contributed by atoms with Crippen LogP contribution in [0.3, 0.4) is 0 Å². The molecule has 0 bridgehead atoms. The average Bonchev–Trinajstić information content (AvgIpc) is 3.94. The summed E-state index contributed by atoms with van der Waals surface area (Å²) in [5.41, 5.74) is -0.564. The van der Waals surface area contributed by atoms with Crippen LogP contribution in [-0.2, 0) is 23.9 Å². The van der Waals surface area contributed by atoms with E-state index in [0.29, 0.717) is 35.7 Å². The van der Waals surface area contributed by atoms with Gasteiger partial charge < -0.3 is 39.2 Å². The Kier molecular flexibility index (Phi) is 9.45. The normalized spacial score (nSPS) is 30.9. The number of halogens is 1. The molecule has 8 rings (SSSR count). The van der Waals surface area contributed by atoms with E-state index in [2.05, 4.69) is 17.2 Å². The Balaban J connectivity index is 1.19. The Hall–Kier alpha value is -4.52. The van der Waals surface area contributed by atoms with Gasteiger partial charge in [-0.3, -0.25) is 9.59 Å². The minimum atomic E-state index is -1.47. The zero-order valence-electron chi connectivity index (χ0n) is 31.8. The van der Waals surface area contributed by atoms with E-state index in [1.807, 2.05) is 24.3 Å². The lowest BCUT2D eigenvalue weighted by molar-refractivity contribution is -0.149. The van der Waals surface area contributed by atoms with E-state index in [-0.39, 0.29) is 38.7 Å². The highest BCUT2D eigenvalue weighted by Crippen LogP contribution is 2.58. The van der Waals surface area contributed by atoms with Gasteiger partial charge in [0.25, 0.3) is 0 Å². The minimum Gasteiger partial charge on any atom is -0.483 e. The summed E-state index contributed by atoms with van der Waals surface area (Å²) in [5, 5.41) is 5.94. The van der Waals surface area contributed by atoms with Gasteiger partial charge >= 0.3 is 12.1 Å². The largest absolute Gasteiger partial charge is 0.483 e. The molecule has 6 atom stereocenters. The van der Waals surface area contributed by atoms with E-state index in [0.717, 1.165) is 54.3 Å². The fourth-order valence-corrected chi connectivity index (χ4v) is 9.19. The van der Waals surface area contributed by atoms with Crippen molar-refractivity contribution in [3.8, 4) is 17.2 Å². The standard InChI is InChI=1S/C41H49ClN4O9/c1-6-51-37(49)41-22(2)24(41)12-10-8-7-9-11-13-27(44-38(50)55-39(3,4)5)36(48)46-20-40(19-28(46)35(47)45-41)18-25(42)30-31-26(16-17-29-33(31)53-21-52-29)43-32(23-14-15-23)34(30)54-40/h10,12,16-17,23-25,27-28H,2,6-9,11,13-15,18-21H2,1,3-5H3,(H,44,50)(H,45,47)/b12-10-/t24-,25+,27+,28+,40-,41-/m1/s1. The molecule has 1 aromatic carbocycles. The predicted octanol–water partition coefficient (Wildman–Crippen LogP) is 6.26. The zero-order valence-corrected chi connectivity index (χ0v) is 32.6. The highest BCUT2D eigenvalue weighted by molar-refractivity contribution is 6.22. The van der Waals surface area contributed by atoms with Crippen molar-refractivity contribution < 1.29 is 42.9 Å². The number of alkyl halides is 1. The van der Waals surface area contributed by atoms with Gasteiger partial charge in [0.2, 0.25) is 18.6 Å². The quantitative estimate of drug-likeness (QED) is 0.207. The third-order valence-corrected chi connectivity index (χ3v) is 11.9. The van der Waals surface area contributed by atoms with Gasteiger partial charge in [0, 0.05) is 30.2 Å². The third-order valence-electron chi connectivity index (χ3n) is 11.5. The molecule has 14 heteroatoms. The van der Waals surface area contributed by atoms with E-state index in [4.69, 9.17) is 40.3 Å². The maximum atomic E-state index is 14.8. The molecule has 55 heavy (non-hydrogen) atoms. The van der Waals surface area contributed by atoms with Gasteiger partial charge in [-0.05, 0) is 77.5 Å². The smallest absolute Gasteiger partial charge is 0.408 e. The number of aromatic nitrogens is 1. The number of rotatable bonds is 4. The van der Waals surface area contributed by atoms with Gasteiger partial charge in [-0.25, -0.2) is 14.6 Å². The van der Waals surface area contributed by atoms with Crippen LogP contribution in [0.2, 0.25) is 0 Å². The molecule has 1 aromatic heterocycles. The monoisotopic (exact) mass is 776 g/mol. The molecule has 2 aliphatic carbocycles. The van der Waals surface area contributed by atoms with E-state index in [9.17, 15) is 19.2 Å². The summed E-state index contributed by atoms with van der Waals surface area (Å²) in [5.74, 6) is -0.167. The first-order valence-corrected chi connectivity index (χ1v) is 19.9. The van der Waals surface area contributed by atoms with Crippen LogP contribution >= 0.6 is 11.6 Å². The molecule has 3 fully saturated rings. The second kappa shape index (κ2) is 13.9. The minimum absolute atomic E-state index is 0.00438. The lowest BCUT2D eigenvalue weighted by Gasteiger charge is -2.39. The van der Waals surface area contributed by atoms with E-state index in [1.54, 1.807) is 27.7 Å². The Morgan fingerprint density at radius 3 is 2.65 bits per heavy atom. The van der Waals surface area contributed by atoms with Crippen molar-refractivity contribution in [1.82, 2.24) is 20.5 Å². The van der Waals surface area contributed by atoms with Gasteiger partial charge in [-0.15, -0.1) is 11.6 Å². The molecule has 2 N–H and O–H groups in total. The first kappa shape index (κ1) is 37.4. The molecule has 2 saturated carbocycles. The van der Waals surface area contributed by atoms with Crippen LogP contribution in [-0.4, -0.2) is 82.5 Å². The van der Waals surface area contributed by atoms with E-state index in [1.165, 1.54) is 4.90 Å². The van der Waals surface area contributed by atoms with Crippen molar-refractivity contribution >= 4 is 46.4 Å². The summed E-state index contributed by atoms with van der Waals surface area (Å²) in [6.07, 6.45) is 8.74. The predicted molar refractivity (Wildman–Crippen MR) is 202 cm³/mol. The fourth-order valence-electron chi connectivity index (χ4n) is 8.70. The van der Waals surface area contributed by atoms with Crippen LogP contribution in [0.15, 0.2) is 36.4 Å². The Bertz CT molecular complexity index is 1990. The molecule has 0 radical (unpaired) electrons. The van der Waals surface area contributed by atoms with E-state index >= 15 is 0 Å². The number of benzene rings is 1. The molecule has 3 amide bonds. The van der Waals surface area contributed by atoms with Crippen LogP contribution in [0, 0.1) is 5.92 Å². The maximum Gasteiger partial charge on any atom is 0.408 e. The summed E-state index contributed by atoms with van der Waals surface area (Å²) < 4.78 is 29.8. The number of hydrogen-bond acceptors (Lipinski definition) is 10. The molecule has 294 valence electrons. The SMILES string of the molecule is C=C1[C@H]2/C=C\CCCCC[C@H](NC(=O)OC(C)(C)C)C(=O)N3C[C@@]4(C[C@H](Cl)c5c(c(C6CC6)nc6ccc7c(c56)OCO7)O4)C[C@H]3C(=O)N[C@]12C(=O)OCC. The second-order valence-corrected chi connectivity index (χ2v) is 17.2. The number of allylic oxidation sites excluding steroid dienone is 1. The summed E-state index contributed by atoms with van der Waals surface area (Å²) >= 11 is 7.42. The topological polar surface area (TPSA) is 155 Å². The van der Waals surface area contributed by atoms with Gasteiger partial charge in [-0.1, -0.05) is 31.6 Å². The molecule has 1 saturated heterocycles. The Morgan fingerprint density at radius 1 is 1.11 bits per heavy atom. The number of nitrogens with zero attached hydrogens (tertiary/aromatic N) is 2. The number of esters is 1. The highest BCUT2D eigenvalue weighted by atomic mass is 35.5. The lowest BCUT2D eigenvalue weighted by Crippen LogP contribution is -2.57.